The third kappa shape index (κ3) is 3.43. The van der Waals surface area contributed by atoms with Gasteiger partial charge in [-0.1, -0.05) is 23.7 Å². The molecular weight excluding hydrogens is 278 g/mol. The molecule has 0 fully saturated rings. The van der Waals surface area contributed by atoms with Crippen LogP contribution >= 0.6 is 23.8 Å². The van der Waals surface area contributed by atoms with E-state index in [1.807, 2.05) is 44.2 Å². The molecular formula is C14H14ClN3S. The second kappa shape index (κ2) is 5.99. The van der Waals surface area contributed by atoms with Crippen molar-refractivity contribution in [3.8, 4) is 0 Å². The lowest BCUT2D eigenvalue weighted by molar-refractivity contribution is 1.27. The van der Waals surface area contributed by atoms with Gasteiger partial charge < -0.3 is 10.6 Å². The van der Waals surface area contributed by atoms with Crippen LogP contribution in [0.4, 0.5) is 11.5 Å². The number of anilines is 2. The second-order valence-corrected chi connectivity index (χ2v) is 4.98. The lowest BCUT2D eigenvalue weighted by Crippen LogP contribution is -2.20. The van der Waals surface area contributed by atoms with Gasteiger partial charge in [-0.05, 0) is 55.4 Å². The number of benzene rings is 1. The van der Waals surface area contributed by atoms with Gasteiger partial charge in [0.15, 0.2) is 5.11 Å². The number of thiocarbonyl (C=S) groups is 1. The van der Waals surface area contributed by atoms with Crippen LogP contribution in [0.25, 0.3) is 0 Å². The summed E-state index contributed by atoms with van der Waals surface area (Å²) in [5.41, 5.74) is 2.89. The highest BCUT2D eigenvalue weighted by Crippen LogP contribution is 2.23. The van der Waals surface area contributed by atoms with Gasteiger partial charge >= 0.3 is 0 Å². The Morgan fingerprint density at radius 2 is 1.95 bits per heavy atom. The number of aryl methyl sites for hydroxylation is 1. The van der Waals surface area contributed by atoms with E-state index in [0.29, 0.717) is 10.1 Å². The predicted octanol–water partition coefficient (Wildman–Crippen LogP) is 4.16. The van der Waals surface area contributed by atoms with Gasteiger partial charge in [0.1, 0.15) is 5.82 Å². The molecule has 2 rings (SSSR count). The Balaban J connectivity index is 2.10. The Bertz CT molecular complexity index is 613. The molecule has 0 saturated heterocycles. The van der Waals surface area contributed by atoms with Gasteiger partial charge in [-0.25, -0.2) is 4.98 Å². The first kappa shape index (κ1) is 13.8. The molecule has 0 unspecified atom stereocenters. The number of nitrogens with zero attached hydrogens (tertiary/aromatic N) is 1. The molecule has 0 saturated carbocycles. The van der Waals surface area contributed by atoms with Crippen LogP contribution in [-0.4, -0.2) is 10.1 Å². The Morgan fingerprint density at radius 3 is 2.68 bits per heavy atom. The van der Waals surface area contributed by atoms with Crippen LogP contribution in [0.3, 0.4) is 0 Å². The first-order valence-electron chi connectivity index (χ1n) is 5.82. The summed E-state index contributed by atoms with van der Waals surface area (Å²) >= 11 is 11.3. The van der Waals surface area contributed by atoms with Crippen LogP contribution in [0.2, 0.25) is 5.02 Å². The van der Waals surface area contributed by atoms with E-state index in [1.165, 1.54) is 0 Å². The highest BCUT2D eigenvalue weighted by Gasteiger charge is 2.05. The molecule has 0 aliphatic carbocycles. The van der Waals surface area contributed by atoms with Gasteiger partial charge in [0.2, 0.25) is 0 Å². The predicted molar refractivity (Wildman–Crippen MR) is 85.0 cm³/mol. The van der Waals surface area contributed by atoms with E-state index in [9.17, 15) is 0 Å². The van der Waals surface area contributed by atoms with Gasteiger partial charge in [0, 0.05) is 16.9 Å². The maximum Gasteiger partial charge on any atom is 0.176 e. The van der Waals surface area contributed by atoms with Gasteiger partial charge in [-0.15, -0.1) is 0 Å². The van der Waals surface area contributed by atoms with Crippen molar-refractivity contribution >= 4 is 40.4 Å². The fourth-order valence-corrected chi connectivity index (χ4v) is 2.00. The molecule has 0 amide bonds. The van der Waals surface area contributed by atoms with Crippen molar-refractivity contribution in [1.82, 2.24) is 4.98 Å². The molecule has 1 aromatic heterocycles. The summed E-state index contributed by atoms with van der Waals surface area (Å²) in [7, 11) is 0. The van der Waals surface area contributed by atoms with Gasteiger partial charge in [0.25, 0.3) is 0 Å². The largest absolute Gasteiger partial charge is 0.332 e. The molecule has 0 bridgehead atoms. The van der Waals surface area contributed by atoms with Crippen LogP contribution in [0.5, 0.6) is 0 Å². The lowest BCUT2D eigenvalue weighted by atomic mass is 10.2. The van der Waals surface area contributed by atoms with Crippen molar-refractivity contribution in [3.63, 3.8) is 0 Å². The van der Waals surface area contributed by atoms with Crippen molar-refractivity contribution in [2.45, 2.75) is 13.8 Å². The molecule has 2 aromatic rings. The minimum absolute atomic E-state index is 0.493. The third-order valence-corrected chi connectivity index (χ3v) is 3.37. The summed E-state index contributed by atoms with van der Waals surface area (Å²) in [6, 6.07) is 9.52. The first-order valence-corrected chi connectivity index (χ1v) is 6.61. The van der Waals surface area contributed by atoms with Crippen LogP contribution in [0, 0.1) is 13.8 Å². The number of halogens is 1. The lowest BCUT2D eigenvalue weighted by Gasteiger charge is -2.13. The molecule has 0 spiro atoms. The number of rotatable bonds is 2. The van der Waals surface area contributed by atoms with Gasteiger partial charge in [-0.3, -0.25) is 0 Å². The van der Waals surface area contributed by atoms with E-state index in [-0.39, 0.29) is 0 Å². The Morgan fingerprint density at radius 1 is 1.16 bits per heavy atom. The SMILES string of the molecule is Cc1cccnc1NC(=S)Nc1cccc(Cl)c1C. The zero-order chi connectivity index (χ0) is 13.8. The van der Waals surface area contributed by atoms with E-state index in [2.05, 4.69) is 15.6 Å². The van der Waals surface area contributed by atoms with E-state index in [0.717, 1.165) is 22.6 Å². The van der Waals surface area contributed by atoms with E-state index in [1.54, 1.807) is 6.20 Å². The maximum absolute atomic E-state index is 6.07. The van der Waals surface area contributed by atoms with Crippen molar-refractivity contribution in [2.24, 2.45) is 0 Å². The quantitative estimate of drug-likeness (QED) is 0.815. The smallest absolute Gasteiger partial charge is 0.176 e. The molecule has 1 aromatic carbocycles. The van der Waals surface area contributed by atoms with E-state index in [4.69, 9.17) is 23.8 Å². The molecule has 1 heterocycles. The second-order valence-electron chi connectivity index (χ2n) is 4.16. The molecule has 3 nitrogen and oxygen atoms in total. The number of aromatic nitrogens is 1. The molecule has 0 aliphatic heterocycles. The molecule has 0 atom stereocenters. The fraction of sp³-hybridized carbons (Fsp3) is 0.143. The molecule has 0 radical (unpaired) electrons. The van der Waals surface area contributed by atoms with Crippen molar-refractivity contribution in [3.05, 3.63) is 52.7 Å². The van der Waals surface area contributed by atoms with Crippen molar-refractivity contribution in [1.29, 1.82) is 0 Å². The van der Waals surface area contributed by atoms with Crippen LogP contribution < -0.4 is 10.6 Å². The van der Waals surface area contributed by atoms with Crippen molar-refractivity contribution < 1.29 is 0 Å². The average Bonchev–Trinajstić information content (AvgIpc) is 2.38. The number of pyridine rings is 1. The average molecular weight is 292 g/mol. The van der Waals surface area contributed by atoms with E-state index >= 15 is 0 Å². The van der Waals surface area contributed by atoms with Gasteiger partial charge in [-0.2, -0.15) is 0 Å². The van der Waals surface area contributed by atoms with Gasteiger partial charge in [0.05, 0.1) is 0 Å². The minimum Gasteiger partial charge on any atom is -0.332 e. The molecule has 0 aliphatic rings. The summed E-state index contributed by atoms with van der Waals surface area (Å²) in [5.74, 6) is 0.750. The molecule has 19 heavy (non-hydrogen) atoms. The Kier molecular flexibility index (Phi) is 4.35. The van der Waals surface area contributed by atoms with Crippen LogP contribution in [0.1, 0.15) is 11.1 Å². The standard InChI is InChI=1S/C14H14ClN3S/c1-9-5-4-8-16-13(9)18-14(19)17-12-7-3-6-11(15)10(12)2/h3-8H,1-2H3,(H2,16,17,18,19). The summed E-state index contributed by atoms with van der Waals surface area (Å²) in [4.78, 5) is 4.24. The summed E-state index contributed by atoms with van der Waals surface area (Å²) in [6.45, 7) is 3.92. The monoisotopic (exact) mass is 291 g/mol. The van der Waals surface area contributed by atoms with Crippen molar-refractivity contribution in [2.75, 3.05) is 10.6 Å². The zero-order valence-corrected chi connectivity index (χ0v) is 12.3. The number of hydrogen-bond acceptors (Lipinski definition) is 2. The minimum atomic E-state index is 0.493. The normalized spacial score (nSPS) is 10.1. The summed E-state index contributed by atoms with van der Waals surface area (Å²) in [6.07, 6.45) is 1.72. The number of nitrogens with one attached hydrogen (secondary N) is 2. The zero-order valence-electron chi connectivity index (χ0n) is 10.7. The third-order valence-electron chi connectivity index (χ3n) is 2.76. The van der Waals surface area contributed by atoms with E-state index < -0.39 is 0 Å². The molecule has 2 N–H and O–H groups in total. The Hall–Kier alpha value is -1.65. The van der Waals surface area contributed by atoms with Crippen LogP contribution in [-0.2, 0) is 0 Å². The fourth-order valence-electron chi connectivity index (χ4n) is 1.62. The summed E-state index contributed by atoms with van der Waals surface area (Å²) < 4.78 is 0. The molecule has 5 heteroatoms. The number of hydrogen-bond donors (Lipinski definition) is 2. The summed E-state index contributed by atoms with van der Waals surface area (Å²) in [5, 5.41) is 7.40. The van der Waals surface area contributed by atoms with Crippen LogP contribution in [0.15, 0.2) is 36.5 Å². The highest BCUT2D eigenvalue weighted by molar-refractivity contribution is 7.80. The maximum atomic E-state index is 6.07. The highest BCUT2D eigenvalue weighted by atomic mass is 35.5. The molecule has 98 valence electrons. The first-order chi connectivity index (χ1) is 9.08. The topological polar surface area (TPSA) is 37.0 Å². The Labute approximate surface area is 123 Å².